The van der Waals surface area contributed by atoms with Crippen LogP contribution in [-0.4, -0.2) is 27.0 Å². The van der Waals surface area contributed by atoms with Gasteiger partial charge in [0.1, 0.15) is 5.82 Å². The van der Waals surface area contributed by atoms with E-state index in [0.717, 1.165) is 12.8 Å². The van der Waals surface area contributed by atoms with Crippen molar-refractivity contribution in [3.63, 3.8) is 0 Å². The number of anilines is 1. The van der Waals surface area contributed by atoms with Crippen LogP contribution in [0.4, 0.5) is 5.95 Å². The highest BCUT2D eigenvalue weighted by atomic mass is 16.2. The number of H-pyrrole nitrogens is 1. The number of imide groups is 1. The lowest BCUT2D eigenvalue weighted by Gasteiger charge is -2.14. The van der Waals surface area contributed by atoms with Crippen LogP contribution < -0.4 is 4.90 Å². The van der Waals surface area contributed by atoms with E-state index in [4.69, 9.17) is 0 Å². The van der Waals surface area contributed by atoms with Crippen LogP contribution in [0.5, 0.6) is 0 Å². The maximum absolute atomic E-state index is 12.8. The number of fused-ring (bicyclic) bond motifs is 5. The van der Waals surface area contributed by atoms with Gasteiger partial charge in [0.05, 0.1) is 11.8 Å². The van der Waals surface area contributed by atoms with Crippen LogP contribution >= 0.6 is 0 Å². The lowest BCUT2D eigenvalue weighted by Crippen LogP contribution is -2.33. The van der Waals surface area contributed by atoms with Gasteiger partial charge in [-0.05, 0) is 30.2 Å². The Morgan fingerprint density at radius 2 is 1.68 bits per heavy atom. The first-order chi connectivity index (χ1) is 12.2. The maximum Gasteiger partial charge on any atom is 0.258 e. The fourth-order valence-corrected chi connectivity index (χ4v) is 4.50. The summed E-state index contributed by atoms with van der Waals surface area (Å²) in [5.41, 5.74) is 1.21. The van der Waals surface area contributed by atoms with Crippen LogP contribution in [0.2, 0.25) is 0 Å². The van der Waals surface area contributed by atoms with Crippen LogP contribution in [0, 0.1) is 23.7 Å². The zero-order valence-electron chi connectivity index (χ0n) is 13.6. The monoisotopic (exact) mass is 334 g/mol. The van der Waals surface area contributed by atoms with Crippen molar-refractivity contribution in [2.24, 2.45) is 23.7 Å². The average Bonchev–Trinajstić information content (AvgIpc) is 3.39. The SMILES string of the molecule is O=C1[C@@H]2[C@@H](C(=O)N1c1n[nH]c(CCc3ccccc3)n1)[C@@H]1C=C[C@@H]2C1. The number of nitrogens with one attached hydrogen (secondary N) is 1. The molecule has 3 aliphatic rings. The number of hydrogen-bond acceptors (Lipinski definition) is 4. The summed E-state index contributed by atoms with van der Waals surface area (Å²) < 4.78 is 0. The summed E-state index contributed by atoms with van der Waals surface area (Å²) in [6.45, 7) is 0. The van der Waals surface area contributed by atoms with Crippen molar-refractivity contribution < 1.29 is 9.59 Å². The molecule has 6 heteroatoms. The van der Waals surface area contributed by atoms with Gasteiger partial charge in [-0.2, -0.15) is 4.98 Å². The molecule has 1 aromatic carbocycles. The number of aromatic nitrogens is 3. The van der Waals surface area contributed by atoms with Crippen molar-refractivity contribution in [2.45, 2.75) is 19.3 Å². The molecule has 1 N–H and O–H groups in total. The number of hydrogen-bond donors (Lipinski definition) is 1. The number of carbonyl (C=O) groups excluding carboxylic acids is 2. The molecule has 1 aliphatic heterocycles. The molecule has 2 fully saturated rings. The predicted molar refractivity (Wildman–Crippen MR) is 90.4 cm³/mol. The average molecular weight is 334 g/mol. The molecule has 5 rings (SSSR count). The zero-order valence-corrected chi connectivity index (χ0v) is 13.6. The molecule has 0 radical (unpaired) electrons. The van der Waals surface area contributed by atoms with E-state index in [1.54, 1.807) is 0 Å². The highest BCUT2D eigenvalue weighted by molar-refractivity contribution is 6.21. The van der Waals surface area contributed by atoms with Gasteiger partial charge < -0.3 is 0 Å². The van der Waals surface area contributed by atoms with Gasteiger partial charge in [0, 0.05) is 6.42 Å². The molecule has 2 aromatic rings. The minimum Gasteiger partial charge on any atom is -0.274 e. The quantitative estimate of drug-likeness (QED) is 0.684. The summed E-state index contributed by atoms with van der Waals surface area (Å²) >= 11 is 0. The molecule has 0 unspecified atom stereocenters. The molecule has 25 heavy (non-hydrogen) atoms. The second-order valence-electron chi connectivity index (χ2n) is 7.08. The Labute approximate surface area is 144 Å². The Hall–Kier alpha value is -2.76. The number of allylic oxidation sites excluding steroid dienone is 2. The number of benzene rings is 1. The van der Waals surface area contributed by atoms with Gasteiger partial charge in [0.15, 0.2) is 0 Å². The number of rotatable bonds is 4. The molecule has 2 aliphatic carbocycles. The molecule has 126 valence electrons. The van der Waals surface area contributed by atoms with Crippen molar-refractivity contribution in [1.82, 2.24) is 15.2 Å². The Bertz CT molecular complexity index is 843. The van der Waals surface area contributed by atoms with Crippen LogP contribution in [0.1, 0.15) is 17.8 Å². The molecular formula is C19H18N4O2. The Balaban J connectivity index is 1.34. The smallest absolute Gasteiger partial charge is 0.258 e. The summed E-state index contributed by atoms with van der Waals surface area (Å²) in [4.78, 5) is 31.1. The lowest BCUT2D eigenvalue weighted by atomic mass is 9.85. The molecule has 2 amide bonds. The normalized spacial score (nSPS) is 29.7. The van der Waals surface area contributed by atoms with Crippen molar-refractivity contribution in [3.8, 4) is 0 Å². The van der Waals surface area contributed by atoms with Crippen LogP contribution in [0.3, 0.4) is 0 Å². The summed E-state index contributed by atoms with van der Waals surface area (Å²) in [6.07, 6.45) is 6.62. The van der Waals surface area contributed by atoms with Crippen molar-refractivity contribution >= 4 is 17.8 Å². The van der Waals surface area contributed by atoms with Gasteiger partial charge in [0.2, 0.25) is 11.8 Å². The largest absolute Gasteiger partial charge is 0.274 e. The molecule has 1 aromatic heterocycles. The first kappa shape index (κ1) is 14.6. The van der Waals surface area contributed by atoms with Gasteiger partial charge in [-0.15, -0.1) is 5.10 Å². The van der Waals surface area contributed by atoms with E-state index in [1.165, 1.54) is 10.5 Å². The maximum atomic E-state index is 12.8. The van der Waals surface area contributed by atoms with Crippen molar-refractivity contribution in [2.75, 3.05) is 4.90 Å². The number of amides is 2. The van der Waals surface area contributed by atoms with E-state index in [-0.39, 0.29) is 41.4 Å². The van der Waals surface area contributed by atoms with E-state index < -0.39 is 0 Å². The van der Waals surface area contributed by atoms with Crippen molar-refractivity contribution in [1.29, 1.82) is 0 Å². The van der Waals surface area contributed by atoms with E-state index in [9.17, 15) is 9.59 Å². The van der Waals surface area contributed by atoms with E-state index in [0.29, 0.717) is 12.2 Å². The third-order valence-corrected chi connectivity index (χ3v) is 5.68. The molecule has 1 saturated heterocycles. The second kappa shape index (κ2) is 5.37. The fourth-order valence-electron chi connectivity index (χ4n) is 4.50. The summed E-state index contributed by atoms with van der Waals surface area (Å²) in [5, 5.41) is 7.01. The Kier molecular flexibility index (Phi) is 3.13. The van der Waals surface area contributed by atoms with Gasteiger partial charge in [-0.1, -0.05) is 42.5 Å². The Morgan fingerprint density at radius 3 is 2.36 bits per heavy atom. The first-order valence-electron chi connectivity index (χ1n) is 8.74. The molecule has 2 bridgehead atoms. The summed E-state index contributed by atoms with van der Waals surface area (Å²) in [5.74, 6) is 0.591. The fraction of sp³-hybridized carbons (Fsp3) is 0.368. The molecule has 2 heterocycles. The van der Waals surface area contributed by atoms with Gasteiger partial charge in [-0.25, -0.2) is 4.90 Å². The molecule has 4 atom stereocenters. The predicted octanol–water partition coefficient (Wildman–Crippen LogP) is 1.90. The van der Waals surface area contributed by atoms with Crippen molar-refractivity contribution in [3.05, 3.63) is 53.9 Å². The lowest BCUT2D eigenvalue weighted by molar-refractivity contribution is -0.123. The van der Waals surface area contributed by atoms with Gasteiger partial charge in [-0.3, -0.25) is 14.7 Å². The third-order valence-electron chi connectivity index (χ3n) is 5.68. The van der Waals surface area contributed by atoms with Crippen LogP contribution in [-0.2, 0) is 22.4 Å². The van der Waals surface area contributed by atoms with Crippen LogP contribution in [0.25, 0.3) is 0 Å². The summed E-state index contributed by atoms with van der Waals surface area (Å²) in [7, 11) is 0. The molecular weight excluding hydrogens is 316 g/mol. The van der Waals surface area contributed by atoms with Gasteiger partial charge in [0.25, 0.3) is 5.95 Å². The van der Waals surface area contributed by atoms with Crippen LogP contribution in [0.15, 0.2) is 42.5 Å². The topological polar surface area (TPSA) is 79.0 Å². The van der Waals surface area contributed by atoms with Gasteiger partial charge >= 0.3 is 0 Å². The number of nitrogens with zero attached hydrogens (tertiary/aromatic N) is 3. The molecule has 1 saturated carbocycles. The minimum atomic E-state index is -0.214. The number of carbonyl (C=O) groups is 2. The number of aromatic amines is 1. The first-order valence-corrected chi connectivity index (χ1v) is 8.74. The van der Waals surface area contributed by atoms with E-state index >= 15 is 0 Å². The molecule has 6 nitrogen and oxygen atoms in total. The molecule has 0 spiro atoms. The third kappa shape index (κ3) is 2.17. The highest BCUT2D eigenvalue weighted by Crippen LogP contribution is 2.52. The summed E-state index contributed by atoms with van der Waals surface area (Å²) in [6, 6.07) is 10.1. The number of aryl methyl sites for hydroxylation is 2. The highest BCUT2D eigenvalue weighted by Gasteiger charge is 2.60. The Morgan fingerprint density at radius 1 is 1.00 bits per heavy atom. The van der Waals surface area contributed by atoms with E-state index in [1.807, 2.05) is 18.2 Å². The zero-order chi connectivity index (χ0) is 17.0. The second-order valence-corrected chi connectivity index (χ2v) is 7.08. The standard InChI is InChI=1S/C19H18N4O2/c24-17-15-12-7-8-13(10-12)16(15)18(25)23(17)19-20-14(21-22-19)9-6-11-4-2-1-3-5-11/h1-5,7-8,12-13,15-16H,6,9-10H2,(H,20,21,22)/t12-,13-,15+,16+/m1/s1. The minimum absolute atomic E-state index is 0.138. The van der Waals surface area contributed by atoms with E-state index in [2.05, 4.69) is 39.5 Å².